The number of rotatable bonds is 7. The number of hydrogen-bond donors (Lipinski definition) is 2. The maximum absolute atomic E-state index is 11.9. The summed E-state index contributed by atoms with van der Waals surface area (Å²) in [5.41, 5.74) is 1.11. The van der Waals surface area contributed by atoms with E-state index in [1.54, 1.807) is 36.4 Å². The first-order valence-corrected chi connectivity index (χ1v) is 8.44. The van der Waals surface area contributed by atoms with E-state index >= 15 is 0 Å². The standard InChI is InChI=1S/C18H20N2O4S/c1-2-3-4-11-24-17(22)13-7-9-14(10-8-13)19-18(25)20-16(21)15-6-5-12-23-15/h5-10,12H,2-4,11H2,1H3,(H2,19,20,21,25). The summed E-state index contributed by atoms with van der Waals surface area (Å²) < 4.78 is 10.2. The van der Waals surface area contributed by atoms with Crippen LogP contribution in [0.1, 0.15) is 47.1 Å². The molecule has 0 unspecified atom stereocenters. The highest BCUT2D eigenvalue weighted by Gasteiger charge is 2.11. The monoisotopic (exact) mass is 360 g/mol. The summed E-state index contributed by atoms with van der Waals surface area (Å²) in [5.74, 6) is -0.614. The first-order valence-electron chi connectivity index (χ1n) is 8.03. The fraction of sp³-hybridized carbons (Fsp3) is 0.278. The van der Waals surface area contributed by atoms with Crippen molar-refractivity contribution in [1.29, 1.82) is 0 Å². The number of carbonyl (C=O) groups excluding carboxylic acids is 2. The van der Waals surface area contributed by atoms with Gasteiger partial charge in [0.2, 0.25) is 0 Å². The number of hydrogen-bond acceptors (Lipinski definition) is 5. The molecule has 0 aliphatic carbocycles. The Morgan fingerprint density at radius 2 is 1.92 bits per heavy atom. The zero-order chi connectivity index (χ0) is 18.1. The Bertz CT molecular complexity index is 711. The molecule has 6 nitrogen and oxygen atoms in total. The molecule has 1 aromatic heterocycles. The molecule has 132 valence electrons. The molecule has 0 saturated carbocycles. The van der Waals surface area contributed by atoms with Gasteiger partial charge in [0, 0.05) is 5.69 Å². The molecule has 0 bridgehead atoms. The van der Waals surface area contributed by atoms with Gasteiger partial charge in [-0.3, -0.25) is 10.1 Å². The average molecular weight is 360 g/mol. The maximum atomic E-state index is 11.9. The zero-order valence-electron chi connectivity index (χ0n) is 13.9. The second-order valence-electron chi connectivity index (χ2n) is 5.31. The molecule has 0 aliphatic heterocycles. The van der Waals surface area contributed by atoms with Crippen molar-refractivity contribution in [3.05, 3.63) is 54.0 Å². The summed E-state index contributed by atoms with van der Waals surface area (Å²) in [6, 6.07) is 9.81. The van der Waals surface area contributed by atoms with Gasteiger partial charge in [-0.1, -0.05) is 19.8 Å². The van der Waals surface area contributed by atoms with Crippen molar-refractivity contribution in [2.24, 2.45) is 0 Å². The number of benzene rings is 1. The lowest BCUT2D eigenvalue weighted by atomic mass is 10.2. The number of unbranched alkanes of at least 4 members (excludes halogenated alkanes) is 2. The maximum Gasteiger partial charge on any atom is 0.338 e. The molecule has 0 radical (unpaired) electrons. The summed E-state index contributed by atoms with van der Waals surface area (Å²) in [7, 11) is 0. The normalized spacial score (nSPS) is 10.1. The highest BCUT2D eigenvalue weighted by Crippen LogP contribution is 2.11. The van der Waals surface area contributed by atoms with E-state index in [9.17, 15) is 9.59 Å². The third-order valence-corrected chi connectivity index (χ3v) is 3.54. The van der Waals surface area contributed by atoms with Crippen LogP contribution in [0.25, 0.3) is 0 Å². The van der Waals surface area contributed by atoms with E-state index in [0.29, 0.717) is 17.9 Å². The van der Waals surface area contributed by atoms with E-state index in [-0.39, 0.29) is 16.8 Å². The number of esters is 1. The van der Waals surface area contributed by atoms with Crippen LogP contribution >= 0.6 is 12.2 Å². The number of nitrogens with one attached hydrogen (secondary N) is 2. The number of carbonyl (C=O) groups is 2. The Morgan fingerprint density at radius 3 is 2.56 bits per heavy atom. The van der Waals surface area contributed by atoms with Gasteiger partial charge in [0.25, 0.3) is 5.91 Å². The van der Waals surface area contributed by atoms with E-state index in [1.165, 1.54) is 6.26 Å². The van der Waals surface area contributed by atoms with Crippen molar-refractivity contribution in [2.75, 3.05) is 11.9 Å². The molecule has 1 aromatic carbocycles. The quantitative estimate of drug-likeness (QED) is 0.445. The number of anilines is 1. The van der Waals surface area contributed by atoms with Crippen molar-refractivity contribution in [3.63, 3.8) is 0 Å². The van der Waals surface area contributed by atoms with Gasteiger partial charge in [-0.05, 0) is 55.0 Å². The zero-order valence-corrected chi connectivity index (χ0v) is 14.7. The molecule has 0 aliphatic rings. The highest BCUT2D eigenvalue weighted by atomic mass is 32.1. The summed E-state index contributed by atoms with van der Waals surface area (Å²) in [5, 5.41) is 5.51. The Hall–Kier alpha value is -2.67. The van der Waals surface area contributed by atoms with E-state index in [0.717, 1.165) is 19.3 Å². The van der Waals surface area contributed by atoms with Crippen molar-refractivity contribution >= 4 is 34.9 Å². The van der Waals surface area contributed by atoms with Gasteiger partial charge in [-0.2, -0.15) is 0 Å². The molecule has 0 atom stereocenters. The molecular formula is C18H20N2O4S. The minimum atomic E-state index is -0.435. The fourth-order valence-electron chi connectivity index (χ4n) is 2.02. The third-order valence-electron chi connectivity index (χ3n) is 3.33. The lowest BCUT2D eigenvalue weighted by molar-refractivity contribution is 0.0498. The second kappa shape index (κ2) is 9.58. The number of furan rings is 1. The average Bonchev–Trinajstić information content (AvgIpc) is 3.14. The molecule has 1 amide bonds. The van der Waals surface area contributed by atoms with Crippen molar-refractivity contribution in [1.82, 2.24) is 5.32 Å². The number of amides is 1. The molecule has 2 aromatic rings. The molecule has 2 rings (SSSR count). The minimum absolute atomic E-state index is 0.135. The summed E-state index contributed by atoms with van der Waals surface area (Å²) in [6.45, 7) is 2.52. The first-order chi connectivity index (χ1) is 12.1. The SMILES string of the molecule is CCCCCOC(=O)c1ccc(NC(=S)NC(=O)c2ccco2)cc1. The van der Waals surface area contributed by atoms with Gasteiger partial charge in [0.05, 0.1) is 18.4 Å². The lowest BCUT2D eigenvalue weighted by Gasteiger charge is -2.09. The van der Waals surface area contributed by atoms with Crippen LogP contribution in [0.4, 0.5) is 5.69 Å². The van der Waals surface area contributed by atoms with Gasteiger partial charge in [-0.15, -0.1) is 0 Å². The van der Waals surface area contributed by atoms with Crippen molar-refractivity contribution in [2.45, 2.75) is 26.2 Å². The largest absolute Gasteiger partial charge is 0.462 e. The highest BCUT2D eigenvalue weighted by molar-refractivity contribution is 7.80. The van der Waals surface area contributed by atoms with Crippen LogP contribution in [-0.2, 0) is 4.74 Å². The van der Waals surface area contributed by atoms with E-state index < -0.39 is 5.91 Å². The van der Waals surface area contributed by atoms with E-state index in [2.05, 4.69) is 17.6 Å². The van der Waals surface area contributed by atoms with Crippen LogP contribution in [0.2, 0.25) is 0 Å². The fourth-order valence-corrected chi connectivity index (χ4v) is 2.24. The number of ether oxygens (including phenoxy) is 1. The van der Waals surface area contributed by atoms with Gasteiger partial charge >= 0.3 is 5.97 Å². The smallest absolute Gasteiger partial charge is 0.338 e. The van der Waals surface area contributed by atoms with Crippen LogP contribution in [0.5, 0.6) is 0 Å². The lowest BCUT2D eigenvalue weighted by Crippen LogP contribution is -2.33. The Labute approximate surface area is 151 Å². The van der Waals surface area contributed by atoms with E-state index in [4.69, 9.17) is 21.4 Å². The number of thiocarbonyl (C=S) groups is 1. The summed E-state index contributed by atoms with van der Waals surface area (Å²) in [4.78, 5) is 23.7. The van der Waals surface area contributed by atoms with Gasteiger partial charge in [0.15, 0.2) is 10.9 Å². The van der Waals surface area contributed by atoms with E-state index in [1.807, 2.05) is 0 Å². The topological polar surface area (TPSA) is 80.6 Å². The predicted molar refractivity (Wildman–Crippen MR) is 98.6 cm³/mol. The molecule has 0 spiro atoms. The Morgan fingerprint density at radius 1 is 1.16 bits per heavy atom. The first kappa shape index (κ1) is 18.7. The Balaban J connectivity index is 1.82. The second-order valence-corrected chi connectivity index (χ2v) is 5.71. The van der Waals surface area contributed by atoms with Gasteiger partial charge < -0.3 is 14.5 Å². The summed E-state index contributed by atoms with van der Waals surface area (Å²) in [6.07, 6.45) is 4.39. The van der Waals surface area contributed by atoms with Crippen LogP contribution in [0.15, 0.2) is 47.1 Å². The van der Waals surface area contributed by atoms with Crippen LogP contribution in [-0.4, -0.2) is 23.6 Å². The molecular weight excluding hydrogens is 340 g/mol. The molecule has 25 heavy (non-hydrogen) atoms. The summed E-state index contributed by atoms with van der Waals surface area (Å²) >= 11 is 5.08. The minimum Gasteiger partial charge on any atom is -0.462 e. The molecule has 7 heteroatoms. The van der Waals surface area contributed by atoms with Crippen LogP contribution < -0.4 is 10.6 Å². The predicted octanol–water partition coefficient (Wildman–Crippen LogP) is 3.75. The molecule has 1 heterocycles. The van der Waals surface area contributed by atoms with Crippen molar-refractivity contribution < 1.29 is 18.7 Å². The van der Waals surface area contributed by atoms with Gasteiger partial charge in [-0.25, -0.2) is 4.79 Å². The third kappa shape index (κ3) is 6.04. The van der Waals surface area contributed by atoms with Crippen molar-refractivity contribution in [3.8, 4) is 0 Å². The van der Waals surface area contributed by atoms with Crippen LogP contribution in [0, 0.1) is 0 Å². The molecule has 0 fully saturated rings. The Kier molecular flexibility index (Phi) is 7.16. The van der Waals surface area contributed by atoms with Gasteiger partial charge in [0.1, 0.15) is 0 Å². The molecule has 2 N–H and O–H groups in total. The van der Waals surface area contributed by atoms with Crippen LogP contribution in [0.3, 0.4) is 0 Å². The molecule has 0 saturated heterocycles.